The molecule has 0 aliphatic carbocycles. The van der Waals surface area contributed by atoms with Gasteiger partial charge in [0.15, 0.2) is 0 Å². The molecule has 2 aliphatic heterocycles. The molecule has 0 bridgehead atoms. The Morgan fingerprint density at radius 1 is 1.29 bits per heavy atom. The summed E-state index contributed by atoms with van der Waals surface area (Å²) in [4.78, 5) is 0. The highest BCUT2D eigenvalue weighted by atomic mass is 32.2. The predicted molar refractivity (Wildman–Crippen MR) is 69.3 cm³/mol. The second-order valence-corrected chi connectivity index (χ2v) is 7.68. The maximum atomic E-state index is 12.3. The van der Waals surface area contributed by atoms with Crippen LogP contribution in [0, 0.1) is 17.8 Å². The van der Waals surface area contributed by atoms with E-state index in [1.54, 1.807) is 4.31 Å². The lowest BCUT2D eigenvalue weighted by Gasteiger charge is -2.20. The number of nitrogens with one attached hydrogen (secondary N) is 1. The van der Waals surface area contributed by atoms with Crippen LogP contribution in [0.2, 0.25) is 0 Å². The third-order valence-electron chi connectivity index (χ3n) is 4.03. The van der Waals surface area contributed by atoms with Gasteiger partial charge in [0.25, 0.3) is 0 Å². The van der Waals surface area contributed by atoms with Crippen molar-refractivity contribution in [1.82, 2.24) is 9.62 Å². The topological polar surface area (TPSA) is 49.4 Å². The average molecular weight is 260 g/mol. The van der Waals surface area contributed by atoms with Crippen LogP contribution in [0.1, 0.15) is 26.7 Å². The Balaban J connectivity index is 1.93. The fraction of sp³-hybridized carbons (Fsp3) is 1.00. The number of sulfonamides is 1. The van der Waals surface area contributed by atoms with Crippen LogP contribution < -0.4 is 5.32 Å². The van der Waals surface area contributed by atoms with E-state index in [1.165, 1.54) is 0 Å². The van der Waals surface area contributed by atoms with Crippen LogP contribution in [-0.2, 0) is 10.0 Å². The molecule has 100 valence electrons. The van der Waals surface area contributed by atoms with E-state index in [9.17, 15) is 8.42 Å². The molecule has 17 heavy (non-hydrogen) atoms. The molecule has 0 amide bonds. The van der Waals surface area contributed by atoms with Gasteiger partial charge in [0.05, 0.1) is 5.75 Å². The van der Waals surface area contributed by atoms with Crippen molar-refractivity contribution in [2.24, 2.45) is 17.8 Å². The Morgan fingerprint density at radius 2 is 1.88 bits per heavy atom. The van der Waals surface area contributed by atoms with Gasteiger partial charge in [-0.2, -0.15) is 0 Å². The Hall–Kier alpha value is -0.130. The van der Waals surface area contributed by atoms with Crippen LogP contribution in [0.15, 0.2) is 0 Å². The maximum absolute atomic E-state index is 12.3. The molecule has 0 spiro atoms. The Labute approximate surface area is 105 Å². The molecular formula is C12H24N2O2S. The zero-order valence-corrected chi connectivity index (χ0v) is 11.7. The van der Waals surface area contributed by atoms with Gasteiger partial charge < -0.3 is 5.32 Å². The molecule has 1 unspecified atom stereocenters. The van der Waals surface area contributed by atoms with Gasteiger partial charge in [0.2, 0.25) is 10.0 Å². The van der Waals surface area contributed by atoms with Crippen molar-refractivity contribution in [3.63, 3.8) is 0 Å². The van der Waals surface area contributed by atoms with Crippen molar-refractivity contribution in [2.45, 2.75) is 26.7 Å². The van der Waals surface area contributed by atoms with Gasteiger partial charge in [-0.25, -0.2) is 12.7 Å². The summed E-state index contributed by atoms with van der Waals surface area (Å²) in [5.41, 5.74) is 0. The molecule has 2 heterocycles. The summed E-state index contributed by atoms with van der Waals surface area (Å²) in [7, 11) is -3.02. The van der Waals surface area contributed by atoms with Crippen LogP contribution in [0.25, 0.3) is 0 Å². The fourth-order valence-corrected chi connectivity index (χ4v) is 5.01. The molecule has 3 atom stereocenters. The molecule has 1 N–H and O–H groups in total. The van der Waals surface area contributed by atoms with E-state index >= 15 is 0 Å². The second-order valence-electron chi connectivity index (χ2n) is 5.67. The number of rotatable bonds is 5. The molecule has 5 heteroatoms. The average Bonchev–Trinajstić information content (AvgIpc) is 2.75. The summed E-state index contributed by atoms with van der Waals surface area (Å²) in [6, 6.07) is 0. The van der Waals surface area contributed by atoms with Crippen molar-refractivity contribution in [2.75, 3.05) is 31.9 Å². The van der Waals surface area contributed by atoms with Gasteiger partial charge in [0.1, 0.15) is 0 Å². The van der Waals surface area contributed by atoms with Crippen molar-refractivity contribution >= 4 is 10.0 Å². The minimum absolute atomic E-state index is 0.281. The first-order chi connectivity index (χ1) is 8.03. The highest BCUT2D eigenvalue weighted by Gasteiger charge is 2.40. The first kappa shape index (κ1) is 13.3. The number of hydrogen-bond acceptors (Lipinski definition) is 3. The Bertz CT molecular complexity index is 344. The molecule has 2 saturated heterocycles. The smallest absolute Gasteiger partial charge is 0.214 e. The second kappa shape index (κ2) is 5.24. The third kappa shape index (κ3) is 3.01. The van der Waals surface area contributed by atoms with Crippen LogP contribution in [0.4, 0.5) is 0 Å². The highest BCUT2D eigenvalue weighted by molar-refractivity contribution is 7.89. The lowest BCUT2D eigenvalue weighted by Crippen LogP contribution is -2.35. The van der Waals surface area contributed by atoms with Crippen LogP contribution in [-0.4, -0.2) is 44.7 Å². The van der Waals surface area contributed by atoms with Gasteiger partial charge >= 0.3 is 0 Å². The van der Waals surface area contributed by atoms with Crippen molar-refractivity contribution in [3.8, 4) is 0 Å². The molecule has 0 aromatic rings. The molecule has 0 aromatic carbocycles. The molecule has 2 rings (SSSR count). The summed E-state index contributed by atoms with van der Waals surface area (Å²) in [6.45, 7) is 7.59. The van der Waals surface area contributed by atoms with E-state index in [0.717, 1.165) is 39.0 Å². The lowest BCUT2D eigenvalue weighted by atomic mass is 10.0. The molecule has 4 nitrogen and oxygen atoms in total. The first-order valence-electron chi connectivity index (χ1n) is 6.71. The highest BCUT2D eigenvalue weighted by Crippen LogP contribution is 2.29. The van der Waals surface area contributed by atoms with E-state index in [4.69, 9.17) is 0 Å². The molecule has 2 fully saturated rings. The van der Waals surface area contributed by atoms with Gasteiger partial charge in [-0.05, 0) is 37.3 Å². The monoisotopic (exact) mass is 260 g/mol. The van der Waals surface area contributed by atoms with E-state index in [0.29, 0.717) is 17.6 Å². The van der Waals surface area contributed by atoms with Gasteiger partial charge in [0, 0.05) is 13.1 Å². The van der Waals surface area contributed by atoms with Gasteiger partial charge in [-0.1, -0.05) is 20.3 Å². The van der Waals surface area contributed by atoms with Crippen LogP contribution in [0.5, 0.6) is 0 Å². The summed E-state index contributed by atoms with van der Waals surface area (Å²) >= 11 is 0. The summed E-state index contributed by atoms with van der Waals surface area (Å²) in [5.74, 6) is 1.70. The fourth-order valence-electron chi connectivity index (χ4n) is 3.08. The maximum Gasteiger partial charge on any atom is 0.214 e. The molecule has 0 aromatic heterocycles. The zero-order valence-electron chi connectivity index (χ0n) is 10.9. The number of nitrogens with zero attached hydrogens (tertiary/aromatic N) is 1. The quantitative estimate of drug-likeness (QED) is 0.799. The summed E-state index contributed by atoms with van der Waals surface area (Å²) in [5, 5.41) is 3.34. The number of hydrogen-bond donors (Lipinski definition) is 1. The summed E-state index contributed by atoms with van der Waals surface area (Å²) in [6.07, 6.45) is 2.06. The predicted octanol–water partition coefficient (Wildman–Crippen LogP) is 0.904. The zero-order chi connectivity index (χ0) is 12.5. The SMILES string of the molecule is CCCC(C)CS(=O)(=O)N1C[C@H]2CNC[C@H]2C1. The van der Waals surface area contributed by atoms with E-state index in [1.807, 2.05) is 6.92 Å². The van der Waals surface area contributed by atoms with E-state index < -0.39 is 10.0 Å². The molecular weight excluding hydrogens is 236 g/mol. The van der Waals surface area contributed by atoms with Gasteiger partial charge in [-0.3, -0.25) is 0 Å². The van der Waals surface area contributed by atoms with Gasteiger partial charge in [-0.15, -0.1) is 0 Å². The first-order valence-corrected chi connectivity index (χ1v) is 8.32. The Kier molecular flexibility index (Phi) is 4.10. The van der Waals surface area contributed by atoms with Crippen molar-refractivity contribution < 1.29 is 8.42 Å². The van der Waals surface area contributed by atoms with Crippen LogP contribution >= 0.6 is 0 Å². The molecule has 2 aliphatic rings. The van der Waals surface area contributed by atoms with Crippen molar-refractivity contribution in [3.05, 3.63) is 0 Å². The minimum atomic E-state index is -3.02. The Morgan fingerprint density at radius 3 is 2.41 bits per heavy atom. The largest absolute Gasteiger partial charge is 0.316 e. The number of fused-ring (bicyclic) bond motifs is 1. The molecule has 0 radical (unpaired) electrons. The van der Waals surface area contributed by atoms with E-state index in [-0.39, 0.29) is 5.92 Å². The standard InChI is InChI=1S/C12H24N2O2S/c1-3-4-10(2)9-17(15,16)14-7-11-5-13-6-12(11)8-14/h10-13H,3-9H2,1-2H3/t10?,11-,12+. The van der Waals surface area contributed by atoms with E-state index in [2.05, 4.69) is 12.2 Å². The molecule has 0 saturated carbocycles. The summed E-state index contributed by atoms with van der Waals surface area (Å²) < 4.78 is 26.2. The normalized spacial score (nSPS) is 31.6. The van der Waals surface area contributed by atoms with Crippen molar-refractivity contribution in [1.29, 1.82) is 0 Å². The van der Waals surface area contributed by atoms with Crippen LogP contribution in [0.3, 0.4) is 0 Å². The minimum Gasteiger partial charge on any atom is -0.316 e. The third-order valence-corrected chi connectivity index (χ3v) is 6.10. The lowest BCUT2D eigenvalue weighted by molar-refractivity contribution is 0.437.